The Hall–Kier alpha value is -2.60. The number of carboxylic acid groups (broad SMARTS) is 1. The van der Waals surface area contributed by atoms with Crippen molar-refractivity contribution >= 4 is 29.3 Å². The van der Waals surface area contributed by atoms with Crippen LogP contribution in [0.1, 0.15) is 16.1 Å². The molecule has 1 heterocycles. The van der Waals surface area contributed by atoms with E-state index in [1.165, 1.54) is 18.3 Å². The van der Waals surface area contributed by atoms with E-state index in [9.17, 15) is 9.59 Å². The van der Waals surface area contributed by atoms with Crippen LogP contribution in [0.3, 0.4) is 0 Å². The number of hydrogen-bond acceptors (Lipinski definition) is 3. The Morgan fingerprint density at radius 2 is 1.86 bits per heavy atom. The number of pyridine rings is 1. The monoisotopic (exact) mass is 305 g/mol. The molecule has 2 amide bonds. The third kappa shape index (κ3) is 4.47. The molecule has 108 valence electrons. The number of urea groups is 1. The molecule has 7 heteroatoms. The summed E-state index contributed by atoms with van der Waals surface area (Å²) in [5.74, 6) is -1.12. The van der Waals surface area contributed by atoms with Crippen LogP contribution in [0.15, 0.2) is 42.6 Å². The van der Waals surface area contributed by atoms with Crippen LogP contribution < -0.4 is 10.6 Å². The molecule has 0 radical (unpaired) electrons. The predicted octanol–water partition coefficient (Wildman–Crippen LogP) is 2.75. The Labute approximate surface area is 125 Å². The van der Waals surface area contributed by atoms with Crippen LogP contribution in [0.4, 0.5) is 10.5 Å². The van der Waals surface area contributed by atoms with Gasteiger partial charge in [-0.05, 0) is 29.8 Å². The van der Waals surface area contributed by atoms with Crippen molar-refractivity contribution in [3.05, 3.63) is 58.9 Å². The first-order chi connectivity index (χ1) is 10.0. The molecule has 1 aromatic heterocycles. The lowest BCUT2D eigenvalue weighted by atomic mass is 10.2. The fraction of sp³-hybridized carbons (Fsp3) is 0.0714. The molecule has 1 aromatic carbocycles. The molecule has 0 bridgehead atoms. The average Bonchev–Trinajstić information content (AvgIpc) is 2.47. The topological polar surface area (TPSA) is 91.3 Å². The zero-order valence-corrected chi connectivity index (χ0v) is 11.6. The summed E-state index contributed by atoms with van der Waals surface area (Å²) in [6.07, 6.45) is 1.28. The number of nitrogens with one attached hydrogen (secondary N) is 2. The van der Waals surface area contributed by atoms with Crippen molar-refractivity contribution in [3.63, 3.8) is 0 Å². The number of anilines is 1. The van der Waals surface area contributed by atoms with Gasteiger partial charge in [-0.2, -0.15) is 0 Å². The lowest BCUT2D eigenvalue weighted by Gasteiger charge is -2.07. The van der Waals surface area contributed by atoms with Gasteiger partial charge in [0, 0.05) is 11.6 Å². The maximum atomic E-state index is 11.7. The van der Waals surface area contributed by atoms with Gasteiger partial charge in [-0.1, -0.05) is 23.7 Å². The zero-order valence-electron chi connectivity index (χ0n) is 10.8. The molecule has 2 aromatic rings. The van der Waals surface area contributed by atoms with E-state index >= 15 is 0 Å². The first kappa shape index (κ1) is 14.8. The molecule has 0 aliphatic heterocycles. The molecule has 0 aliphatic carbocycles. The van der Waals surface area contributed by atoms with Crippen molar-refractivity contribution in [1.82, 2.24) is 10.3 Å². The van der Waals surface area contributed by atoms with Crippen LogP contribution in [-0.2, 0) is 6.54 Å². The summed E-state index contributed by atoms with van der Waals surface area (Å²) in [6, 6.07) is 9.48. The Bertz CT molecular complexity index is 642. The van der Waals surface area contributed by atoms with Gasteiger partial charge in [0.05, 0.1) is 11.9 Å². The van der Waals surface area contributed by atoms with E-state index in [-0.39, 0.29) is 5.69 Å². The predicted molar refractivity (Wildman–Crippen MR) is 78.5 cm³/mol. The van der Waals surface area contributed by atoms with E-state index in [0.29, 0.717) is 17.3 Å². The molecular weight excluding hydrogens is 294 g/mol. The standard InChI is InChI=1S/C14H12ClN3O3/c15-10-3-1-9(2-4-10)7-17-14(21)18-11-5-6-12(13(19)20)16-8-11/h1-6,8H,7H2,(H,19,20)(H2,17,18,21). The minimum Gasteiger partial charge on any atom is -0.477 e. The highest BCUT2D eigenvalue weighted by atomic mass is 35.5. The summed E-state index contributed by atoms with van der Waals surface area (Å²) in [4.78, 5) is 26.0. The number of amides is 2. The second-order valence-electron chi connectivity index (χ2n) is 4.17. The lowest BCUT2D eigenvalue weighted by Crippen LogP contribution is -2.28. The minimum absolute atomic E-state index is 0.0814. The van der Waals surface area contributed by atoms with Gasteiger partial charge in [-0.25, -0.2) is 14.6 Å². The van der Waals surface area contributed by atoms with E-state index in [1.807, 2.05) is 12.1 Å². The Morgan fingerprint density at radius 1 is 1.14 bits per heavy atom. The van der Waals surface area contributed by atoms with Gasteiger partial charge in [0.15, 0.2) is 0 Å². The fourth-order valence-corrected chi connectivity index (χ4v) is 1.68. The number of nitrogens with zero attached hydrogens (tertiary/aromatic N) is 1. The largest absolute Gasteiger partial charge is 0.477 e. The molecular formula is C14H12ClN3O3. The molecule has 2 rings (SSSR count). The SMILES string of the molecule is O=C(NCc1ccc(Cl)cc1)Nc1ccc(C(=O)O)nc1. The molecule has 0 spiro atoms. The van der Waals surface area contributed by atoms with E-state index < -0.39 is 12.0 Å². The van der Waals surface area contributed by atoms with Gasteiger partial charge in [0.1, 0.15) is 5.69 Å². The van der Waals surface area contributed by atoms with Crippen molar-refractivity contribution in [3.8, 4) is 0 Å². The molecule has 3 N–H and O–H groups in total. The number of benzene rings is 1. The van der Waals surface area contributed by atoms with E-state index in [4.69, 9.17) is 16.7 Å². The van der Waals surface area contributed by atoms with Gasteiger partial charge in [-0.15, -0.1) is 0 Å². The van der Waals surface area contributed by atoms with Crippen LogP contribution in [0.25, 0.3) is 0 Å². The van der Waals surface area contributed by atoms with Crippen molar-refractivity contribution < 1.29 is 14.7 Å². The number of carbonyl (C=O) groups excluding carboxylic acids is 1. The summed E-state index contributed by atoms with van der Waals surface area (Å²) in [5.41, 5.74) is 1.24. The Kier molecular flexibility index (Phi) is 4.73. The molecule has 0 unspecified atom stereocenters. The van der Waals surface area contributed by atoms with E-state index in [0.717, 1.165) is 5.56 Å². The molecule has 0 saturated carbocycles. The number of carboxylic acids is 1. The van der Waals surface area contributed by atoms with Gasteiger partial charge in [0.25, 0.3) is 0 Å². The maximum absolute atomic E-state index is 11.7. The van der Waals surface area contributed by atoms with Crippen molar-refractivity contribution in [2.24, 2.45) is 0 Å². The first-order valence-electron chi connectivity index (χ1n) is 6.03. The molecule has 0 saturated heterocycles. The zero-order chi connectivity index (χ0) is 15.2. The molecule has 0 aliphatic rings. The minimum atomic E-state index is -1.12. The molecule has 21 heavy (non-hydrogen) atoms. The van der Waals surface area contributed by atoms with Crippen molar-refractivity contribution in [2.45, 2.75) is 6.54 Å². The van der Waals surface area contributed by atoms with Gasteiger partial charge < -0.3 is 15.7 Å². The Morgan fingerprint density at radius 3 is 2.43 bits per heavy atom. The highest BCUT2D eigenvalue weighted by Gasteiger charge is 2.05. The fourth-order valence-electron chi connectivity index (χ4n) is 1.55. The van der Waals surface area contributed by atoms with Crippen LogP contribution >= 0.6 is 11.6 Å². The third-order valence-corrected chi connectivity index (χ3v) is 2.86. The Balaban J connectivity index is 1.86. The number of aromatic nitrogens is 1. The highest BCUT2D eigenvalue weighted by Crippen LogP contribution is 2.09. The second kappa shape index (κ2) is 6.71. The summed E-state index contributed by atoms with van der Waals surface area (Å²) < 4.78 is 0. The summed E-state index contributed by atoms with van der Waals surface area (Å²) in [6.45, 7) is 0.351. The first-order valence-corrected chi connectivity index (χ1v) is 6.41. The van der Waals surface area contributed by atoms with Crippen LogP contribution in [0, 0.1) is 0 Å². The van der Waals surface area contributed by atoms with Crippen molar-refractivity contribution in [1.29, 1.82) is 0 Å². The smallest absolute Gasteiger partial charge is 0.354 e. The molecule has 0 fully saturated rings. The van der Waals surface area contributed by atoms with Crippen molar-refractivity contribution in [2.75, 3.05) is 5.32 Å². The summed E-state index contributed by atoms with van der Waals surface area (Å²) in [5, 5.41) is 14.6. The number of rotatable bonds is 4. The summed E-state index contributed by atoms with van der Waals surface area (Å²) >= 11 is 5.77. The quantitative estimate of drug-likeness (QED) is 0.810. The normalized spacial score (nSPS) is 9.95. The third-order valence-electron chi connectivity index (χ3n) is 2.61. The van der Waals surface area contributed by atoms with Crippen LogP contribution in [0.5, 0.6) is 0 Å². The number of carbonyl (C=O) groups is 2. The number of aromatic carboxylic acids is 1. The number of hydrogen-bond donors (Lipinski definition) is 3. The molecule has 6 nitrogen and oxygen atoms in total. The summed E-state index contributed by atoms with van der Waals surface area (Å²) in [7, 11) is 0. The van der Waals surface area contributed by atoms with E-state index in [2.05, 4.69) is 15.6 Å². The maximum Gasteiger partial charge on any atom is 0.354 e. The number of halogens is 1. The molecule has 0 atom stereocenters. The van der Waals surface area contributed by atoms with Gasteiger partial charge >= 0.3 is 12.0 Å². The second-order valence-corrected chi connectivity index (χ2v) is 4.61. The van der Waals surface area contributed by atoms with E-state index in [1.54, 1.807) is 12.1 Å². The van der Waals surface area contributed by atoms with Gasteiger partial charge in [-0.3, -0.25) is 0 Å². The van der Waals surface area contributed by atoms with Gasteiger partial charge in [0.2, 0.25) is 0 Å². The average molecular weight is 306 g/mol. The van der Waals surface area contributed by atoms with Crippen LogP contribution in [0.2, 0.25) is 5.02 Å². The lowest BCUT2D eigenvalue weighted by molar-refractivity contribution is 0.0690. The highest BCUT2D eigenvalue weighted by molar-refractivity contribution is 6.30. The van der Waals surface area contributed by atoms with Crippen LogP contribution in [-0.4, -0.2) is 22.1 Å².